The van der Waals surface area contributed by atoms with Gasteiger partial charge in [-0.25, -0.2) is 4.79 Å². The topological polar surface area (TPSA) is 55.4 Å². The zero-order valence-electron chi connectivity index (χ0n) is 14.6. The van der Waals surface area contributed by atoms with E-state index in [0.29, 0.717) is 5.56 Å². The van der Waals surface area contributed by atoms with Crippen LogP contribution >= 0.6 is 0 Å². The van der Waals surface area contributed by atoms with E-state index in [4.69, 9.17) is 4.74 Å². The van der Waals surface area contributed by atoms with E-state index in [-0.39, 0.29) is 11.2 Å². The highest BCUT2D eigenvalue weighted by molar-refractivity contribution is 6.01. The summed E-state index contributed by atoms with van der Waals surface area (Å²) in [4.78, 5) is 24.0. The molecule has 22 heavy (non-hydrogen) atoms. The van der Waals surface area contributed by atoms with Gasteiger partial charge < -0.3 is 10.1 Å². The Hall–Kier alpha value is -1.84. The first kappa shape index (κ1) is 18.2. The molecule has 1 rings (SSSR count). The summed E-state index contributed by atoms with van der Waals surface area (Å²) in [7, 11) is 0. The van der Waals surface area contributed by atoms with Gasteiger partial charge >= 0.3 is 6.09 Å². The third-order valence-corrected chi connectivity index (χ3v) is 3.16. The van der Waals surface area contributed by atoms with Crippen molar-refractivity contribution in [1.82, 2.24) is 5.32 Å². The molecular formula is C18H27NO3. The van der Waals surface area contributed by atoms with Crippen LogP contribution in [0.5, 0.6) is 0 Å². The van der Waals surface area contributed by atoms with Crippen LogP contribution in [-0.2, 0) is 10.2 Å². The molecule has 4 heteroatoms. The maximum absolute atomic E-state index is 12.3. The molecule has 0 saturated heterocycles. The van der Waals surface area contributed by atoms with Crippen LogP contribution in [0.1, 0.15) is 64.4 Å². The summed E-state index contributed by atoms with van der Waals surface area (Å²) < 4.78 is 5.16. The predicted molar refractivity (Wildman–Crippen MR) is 88.3 cm³/mol. The lowest BCUT2D eigenvalue weighted by Crippen LogP contribution is -2.41. The minimum Gasteiger partial charge on any atom is -0.444 e. The van der Waals surface area contributed by atoms with Crippen molar-refractivity contribution in [2.45, 2.75) is 65.5 Å². The van der Waals surface area contributed by atoms with Gasteiger partial charge in [0.05, 0.1) is 6.04 Å². The smallest absolute Gasteiger partial charge is 0.408 e. The van der Waals surface area contributed by atoms with E-state index in [0.717, 1.165) is 5.56 Å². The molecule has 4 nitrogen and oxygen atoms in total. The summed E-state index contributed by atoms with van der Waals surface area (Å²) in [5, 5.41) is 2.57. The normalized spacial score (nSPS) is 13.4. The summed E-state index contributed by atoms with van der Waals surface area (Å²) in [5.74, 6) is -0.133. The van der Waals surface area contributed by atoms with E-state index in [1.807, 2.05) is 12.1 Å². The van der Waals surface area contributed by atoms with Gasteiger partial charge in [0.2, 0.25) is 0 Å². The monoisotopic (exact) mass is 305 g/mol. The molecule has 0 aliphatic carbocycles. The van der Waals surface area contributed by atoms with Gasteiger partial charge in [-0.1, -0.05) is 45.0 Å². The Morgan fingerprint density at radius 1 is 1.00 bits per heavy atom. The molecule has 0 saturated carbocycles. The van der Waals surface area contributed by atoms with Gasteiger partial charge in [0.25, 0.3) is 0 Å². The molecule has 1 amide bonds. The van der Waals surface area contributed by atoms with Crippen LogP contribution in [0.3, 0.4) is 0 Å². The summed E-state index contributed by atoms with van der Waals surface area (Å²) in [6, 6.07) is 6.88. The second-order valence-corrected chi connectivity index (χ2v) is 7.56. The highest BCUT2D eigenvalue weighted by Crippen LogP contribution is 2.22. The van der Waals surface area contributed by atoms with Crippen molar-refractivity contribution in [2.24, 2.45) is 0 Å². The van der Waals surface area contributed by atoms with Crippen molar-refractivity contribution < 1.29 is 14.3 Å². The van der Waals surface area contributed by atoms with Gasteiger partial charge in [-0.15, -0.1) is 0 Å². The summed E-state index contributed by atoms with van der Waals surface area (Å²) in [6.45, 7) is 13.4. The number of nitrogens with one attached hydrogen (secondary N) is 1. The number of carbonyl (C=O) groups is 2. The second-order valence-electron chi connectivity index (χ2n) is 7.56. The minimum atomic E-state index is -0.629. The average molecular weight is 305 g/mol. The lowest BCUT2D eigenvalue weighted by Gasteiger charge is -2.22. The highest BCUT2D eigenvalue weighted by atomic mass is 16.6. The number of hydrogen-bond donors (Lipinski definition) is 1. The predicted octanol–water partition coefficient (Wildman–Crippen LogP) is 4.08. The summed E-state index contributed by atoms with van der Waals surface area (Å²) in [5.41, 5.74) is 1.21. The van der Waals surface area contributed by atoms with Crippen LogP contribution in [0, 0.1) is 0 Å². The fraction of sp³-hybridized carbons (Fsp3) is 0.556. The standard InChI is InChI=1S/C18H27NO3/c1-12(19-16(21)22-18(5,6)7)15(20)13-8-10-14(11-9-13)17(2,3)4/h8-12H,1-7H3,(H,19,21)/t12-/m0/s1. The molecule has 1 atom stereocenters. The van der Waals surface area contributed by atoms with Gasteiger partial charge in [0.1, 0.15) is 5.60 Å². The van der Waals surface area contributed by atoms with Gasteiger partial charge in [-0.2, -0.15) is 0 Å². The van der Waals surface area contributed by atoms with Crippen molar-refractivity contribution in [3.8, 4) is 0 Å². The molecule has 0 radical (unpaired) electrons. The Morgan fingerprint density at radius 2 is 1.50 bits per heavy atom. The first-order chi connectivity index (χ1) is 9.90. The zero-order chi connectivity index (χ0) is 17.1. The Morgan fingerprint density at radius 3 is 1.91 bits per heavy atom. The Balaban J connectivity index is 2.73. The molecular weight excluding hydrogens is 278 g/mol. The molecule has 0 spiro atoms. The van der Waals surface area contributed by atoms with Gasteiger partial charge in [0, 0.05) is 5.56 Å². The average Bonchev–Trinajstić information content (AvgIpc) is 2.34. The number of benzene rings is 1. The van der Waals surface area contributed by atoms with Crippen LogP contribution in [0.15, 0.2) is 24.3 Å². The number of ether oxygens (including phenoxy) is 1. The summed E-state index contributed by atoms with van der Waals surface area (Å²) >= 11 is 0. The number of alkyl carbamates (subject to hydrolysis) is 1. The van der Waals surface area contributed by atoms with Crippen LogP contribution < -0.4 is 5.32 Å². The third-order valence-electron chi connectivity index (χ3n) is 3.16. The first-order valence-corrected chi connectivity index (χ1v) is 7.54. The van der Waals surface area contributed by atoms with E-state index in [1.54, 1.807) is 39.8 Å². The van der Waals surface area contributed by atoms with Gasteiger partial charge in [-0.3, -0.25) is 4.79 Å². The molecule has 122 valence electrons. The van der Waals surface area contributed by atoms with Gasteiger partial charge in [0.15, 0.2) is 5.78 Å². The molecule has 0 heterocycles. The second kappa shape index (κ2) is 6.51. The Labute approximate surface area is 133 Å². The van der Waals surface area contributed by atoms with Crippen molar-refractivity contribution in [3.63, 3.8) is 0 Å². The lowest BCUT2D eigenvalue weighted by atomic mass is 9.86. The van der Waals surface area contributed by atoms with Crippen molar-refractivity contribution in [2.75, 3.05) is 0 Å². The fourth-order valence-electron chi connectivity index (χ4n) is 1.93. The van der Waals surface area contributed by atoms with Crippen LogP contribution in [-0.4, -0.2) is 23.5 Å². The quantitative estimate of drug-likeness (QED) is 0.856. The van der Waals surface area contributed by atoms with E-state index >= 15 is 0 Å². The number of Topliss-reactive ketones (excluding diaryl/α,β-unsaturated/α-hetero) is 1. The van der Waals surface area contributed by atoms with Crippen molar-refractivity contribution in [3.05, 3.63) is 35.4 Å². The largest absolute Gasteiger partial charge is 0.444 e. The Kier molecular flexibility index (Phi) is 5.39. The molecule has 1 aromatic carbocycles. The summed E-state index contributed by atoms with van der Waals surface area (Å²) in [6.07, 6.45) is -0.584. The maximum Gasteiger partial charge on any atom is 0.408 e. The van der Waals surface area contributed by atoms with E-state index < -0.39 is 17.7 Å². The molecule has 0 bridgehead atoms. The Bertz CT molecular complexity index is 533. The molecule has 0 aliphatic rings. The van der Waals surface area contributed by atoms with Gasteiger partial charge in [-0.05, 0) is 38.7 Å². The van der Waals surface area contributed by atoms with E-state index in [2.05, 4.69) is 26.1 Å². The highest BCUT2D eigenvalue weighted by Gasteiger charge is 2.22. The van der Waals surface area contributed by atoms with Crippen LogP contribution in [0.25, 0.3) is 0 Å². The lowest BCUT2D eigenvalue weighted by molar-refractivity contribution is 0.0497. The zero-order valence-corrected chi connectivity index (χ0v) is 14.6. The number of amides is 1. The molecule has 0 fully saturated rings. The number of rotatable bonds is 3. The molecule has 0 aliphatic heterocycles. The minimum absolute atomic E-state index is 0.0436. The maximum atomic E-state index is 12.3. The molecule has 0 aromatic heterocycles. The van der Waals surface area contributed by atoms with Crippen LogP contribution in [0.4, 0.5) is 4.79 Å². The fourth-order valence-corrected chi connectivity index (χ4v) is 1.93. The first-order valence-electron chi connectivity index (χ1n) is 7.54. The number of hydrogen-bond acceptors (Lipinski definition) is 3. The van der Waals surface area contributed by atoms with Crippen molar-refractivity contribution in [1.29, 1.82) is 0 Å². The third kappa shape index (κ3) is 5.51. The molecule has 1 aromatic rings. The molecule has 1 N–H and O–H groups in total. The van der Waals surface area contributed by atoms with Crippen LogP contribution in [0.2, 0.25) is 0 Å². The van der Waals surface area contributed by atoms with E-state index in [1.165, 1.54) is 0 Å². The SMILES string of the molecule is C[C@H](NC(=O)OC(C)(C)C)C(=O)c1ccc(C(C)(C)C)cc1. The number of carbonyl (C=O) groups excluding carboxylic acids is 2. The van der Waals surface area contributed by atoms with E-state index in [9.17, 15) is 9.59 Å². The van der Waals surface area contributed by atoms with Crippen molar-refractivity contribution >= 4 is 11.9 Å². The number of ketones is 1. The molecule has 0 unspecified atom stereocenters.